The maximum atomic E-state index is 8.65. The van der Waals surface area contributed by atoms with Crippen LogP contribution < -0.4 is 5.73 Å². The van der Waals surface area contributed by atoms with Gasteiger partial charge in [-0.15, -0.1) is 0 Å². The zero-order valence-corrected chi connectivity index (χ0v) is 11.5. The summed E-state index contributed by atoms with van der Waals surface area (Å²) in [6.07, 6.45) is 0. The first-order valence-electron chi connectivity index (χ1n) is 6.67. The zero-order chi connectivity index (χ0) is 13.4. The molecule has 1 saturated heterocycles. The predicted octanol–water partition coefficient (Wildman–Crippen LogP) is 0.0230. The van der Waals surface area contributed by atoms with Gasteiger partial charge in [0.25, 0.3) is 0 Å². The third-order valence-electron chi connectivity index (χ3n) is 3.44. The second-order valence-electron chi connectivity index (χ2n) is 4.77. The molecule has 0 spiro atoms. The summed E-state index contributed by atoms with van der Waals surface area (Å²) in [5.41, 5.74) is 5.60. The summed E-state index contributed by atoms with van der Waals surface area (Å²) in [6, 6.07) is 0. The molecule has 0 aromatic rings. The van der Waals surface area contributed by atoms with Crippen LogP contribution in [-0.2, 0) is 4.74 Å². The smallest absolute Gasteiger partial charge is 0.143 e. The van der Waals surface area contributed by atoms with E-state index in [-0.39, 0.29) is 5.92 Å². The molecule has 1 fully saturated rings. The molecule has 6 nitrogen and oxygen atoms in total. The number of rotatable bonds is 7. The Hall–Kier alpha value is -0.850. The molecule has 0 saturated carbocycles. The van der Waals surface area contributed by atoms with Crippen LogP contribution >= 0.6 is 0 Å². The van der Waals surface area contributed by atoms with Crippen LogP contribution in [-0.4, -0.2) is 73.3 Å². The third-order valence-corrected chi connectivity index (χ3v) is 3.44. The first kappa shape index (κ1) is 15.2. The SMILES string of the molecule is CCN(CCN1CCOCC1)CC(C)C(N)=NO. The van der Waals surface area contributed by atoms with Crippen LogP contribution in [0.3, 0.4) is 0 Å². The molecular formula is C12H26N4O2. The van der Waals surface area contributed by atoms with Gasteiger partial charge in [-0.25, -0.2) is 0 Å². The van der Waals surface area contributed by atoms with Gasteiger partial charge < -0.3 is 20.6 Å². The van der Waals surface area contributed by atoms with Crippen LogP contribution in [0, 0.1) is 5.92 Å². The quantitative estimate of drug-likeness (QED) is 0.291. The number of ether oxygens (including phenoxy) is 1. The Labute approximate surface area is 109 Å². The van der Waals surface area contributed by atoms with Gasteiger partial charge in [-0.3, -0.25) is 4.90 Å². The number of likely N-dealkylation sites (N-methyl/N-ethyl adjacent to an activating group) is 1. The van der Waals surface area contributed by atoms with Gasteiger partial charge in [-0.05, 0) is 6.54 Å². The molecule has 1 heterocycles. The Balaban J connectivity index is 2.28. The molecule has 0 aromatic heterocycles. The van der Waals surface area contributed by atoms with Crippen LogP contribution in [0.4, 0.5) is 0 Å². The Morgan fingerprint density at radius 2 is 2.17 bits per heavy atom. The second-order valence-corrected chi connectivity index (χ2v) is 4.77. The van der Waals surface area contributed by atoms with E-state index in [1.165, 1.54) is 0 Å². The number of oxime groups is 1. The lowest BCUT2D eigenvalue weighted by Gasteiger charge is -2.30. The molecule has 6 heteroatoms. The Morgan fingerprint density at radius 1 is 1.50 bits per heavy atom. The fraction of sp³-hybridized carbons (Fsp3) is 0.917. The molecule has 18 heavy (non-hydrogen) atoms. The van der Waals surface area contributed by atoms with Gasteiger partial charge in [-0.1, -0.05) is 19.0 Å². The fourth-order valence-electron chi connectivity index (χ4n) is 2.07. The summed E-state index contributed by atoms with van der Waals surface area (Å²) < 4.78 is 5.33. The molecule has 1 rings (SSSR count). The van der Waals surface area contributed by atoms with Gasteiger partial charge in [0.05, 0.1) is 13.2 Å². The highest BCUT2D eigenvalue weighted by molar-refractivity contribution is 5.82. The Kier molecular flexibility index (Phi) is 7.00. The number of nitrogens with two attached hydrogens (primary N) is 1. The molecule has 0 radical (unpaired) electrons. The molecule has 0 aliphatic carbocycles. The molecule has 0 aromatic carbocycles. The molecule has 0 bridgehead atoms. The van der Waals surface area contributed by atoms with E-state index >= 15 is 0 Å². The van der Waals surface area contributed by atoms with Gasteiger partial charge in [0.2, 0.25) is 0 Å². The summed E-state index contributed by atoms with van der Waals surface area (Å²) in [5, 5.41) is 11.7. The van der Waals surface area contributed by atoms with Gasteiger partial charge in [0, 0.05) is 38.6 Å². The molecule has 1 aliphatic heterocycles. The maximum absolute atomic E-state index is 8.65. The Morgan fingerprint density at radius 3 is 2.72 bits per heavy atom. The number of amidine groups is 1. The van der Waals surface area contributed by atoms with Crippen molar-refractivity contribution in [1.82, 2.24) is 9.80 Å². The highest BCUT2D eigenvalue weighted by atomic mass is 16.5. The molecule has 1 aliphatic rings. The lowest BCUT2D eigenvalue weighted by molar-refractivity contribution is 0.0333. The fourth-order valence-corrected chi connectivity index (χ4v) is 2.07. The standard InChI is InChI=1S/C12H26N4O2/c1-3-15(10-11(2)12(13)14-17)4-5-16-6-8-18-9-7-16/h11,17H,3-10H2,1-2H3,(H2,13,14). The minimum absolute atomic E-state index is 0.0830. The third kappa shape index (κ3) is 5.20. The largest absolute Gasteiger partial charge is 0.409 e. The van der Waals surface area contributed by atoms with Crippen molar-refractivity contribution in [3.63, 3.8) is 0 Å². The lowest BCUT2D eigenvalue weighted by Crippen LogP contribution is -2.43. The van der Waals surface area contributed by atoms with E-state index < -0.39 is 0 Å². The molecule has 1 unspecified atom stereocenters. The number of hydrogen-bond donors (Lipinski definition) is 2. The normalized spacial score (nSPS) is 20.3. The second kappa shape index (κ2) is 8.29. The van der Waals surface area contributed by atoms with E-state index in [9.17, 15) is 0 Å². The van der Waals surface area contributed by atoms with Crippen molar-refractivity contribution in [2.45, 2.75) is 13.8 Å². The van der Waals surface area contributed by atoms with E-state index in [2.05, 4.69) is 21.9 Å². The first-order valence-corrected chi connectivity index (χ1v) is 6.67. The van der Waals surface area contributed by atoms with Crippen molar-refractivity contribution in [2.24, 2.45) is 16.8 Å². The van der Waals surface area contributed by atoms with E-state index in [0.29, 0.717) is 5.84 Å². The van der Waals surface area contributed by atoms with E-state index in [1.807, 2.05) is 6.92 Å². The average Bonchev–Trinajstić information content (AvgIpc) is 2.43. The minimum atomic E-state index is 0.0830. The van der Waals surface area contributed by atoms with Crippen molar-refractivity contribution in [3.05, 3.63) is 0 Å². The number of morpholine rings is 1. The molecule has 3 N–H and O–H groups in total. The highest BCUT2D eigenvalue weighted by Gasteiger charge is 2.15. The highest BCUT2D eigenvalue weighted by Crippen LogP contribution is 2.02. The van der Waals surface area contributed by atoms with Crippen molar-refractivity contribution in [2.75, 3.05) is 52.5 Å². The van der Waals surface area contributed by atoms with Gasteiger partial charge in [-0.2, -0.15) is 0 Å². The van der Waals surface area contributed by atoms with Gasteiger partial charge in [0.1, 0.15) is 5.84 Å². The first-order chi connectivity index (χ1) is 8.67. The maximum Gasteiger partial charge on any atom is 0.143 e. The van der Waals surface area contributed by atoms with Crippen LogP contribution in [0.5, 0.6) is 0 Å². The van der Waals surface area contributed by atoms with E-state index in [4.69, 9.17) is 15.7 Å². The summed E-state index contributed by atoms with van der Waals surface area (Å²) in [5.74, 6) is 0.388. The average molecular weight is 258 g/mol. The van der Waals surface area contributed by atoms with Crippen LogP contribution in [0.2, 0.25) is 0 Å². The summed E-state index contributed by atoms with van der Waals surface area (Å²) in [7, 11) is 0. The lowest BCUT2D eigenvalue weighted by atomic mass is 10.1. The molecule has 1 atom stereocenters. The van der Waals surface area contributed by atoms with Crippen molar-refractivity contribution >= 4 is 5.84 Å². The van der Waals surface area contributed by atoms with Crippen molar-refractivity contribution in [1.29, 1.82) is 0 Å². The van der Waals surface area contributed by atoms with E-state index in [1.54, 1.807) is 0 Å². The van der Waals surface area contributed by atoms with Gasteiger partial charge >= 0.3 is 0 Å². The van der Waals surface area contributed by atoms with Gasteiger partial charge in [0.15, 0.2) is 0 Å². The van der Waals surface area contributed by atoms with E-state index in [0.717, 1.165) is 52.5 Å². The van der Waals surface area contributed by atoms with Crippen molar-refractivity contribution in [3.8, 4) is 0 Å². The van der Waals surface area contributed by atoms with Crippen molar-refractivity contribution < 1.29 is 9.94 Å². The minimum Gasteiger partial charge on any atom is -0.409 e. The van der Waals surface area contributed by atoms with Crippen LogP contribution in [0.1, 0.15) is 13.8 Å². The summed E-state index contributed by atoms with van der Waals surface area (Å²) in [6.45, 7) is 11.7. The number of nitrogens with zero attached hydrogens (tertiary/aromatic N) is 3. The Bertz CT molecular complexity index is 254. The predicted molar refractivity (Wildman–Crippen MR) is 71.9 cm³/mol. The topological polar surface area (TPSA) is 74.3 Å². The molecule has 0 amide bonds. The molecular weight excluding hydrogens is 232 g/mol. The zero-order valence-electron chi connectivity index (χ0n) is 11.5. The molecule has 106 valence electrons. The number of hydrogen-bond acceptors (Lipinski definition) is 5. The van der Waals surface area contributed by atoms with Crippen LogP contribution in [0.25, 0.3) is 0 Å². The monoisotopic (exact) mass is 258 g/mol. The summed E-state index contributed by atoms with van der Waals surface area (Å²) >= 11 is 0. The summed E-state index contributed by atoms with van der Waals surface area (Å²) in [4.78, 5) is 4.75. The van der Waals surface area contributed by atoms with Crippen LogP contribution in [0.15, 0.2) is 5.16 Å².